The first kappa shape index (κ1) is 7.90. The molecular formula is C6H7N3OS. The Bertz CT molecular complexity index is 320. The molecule has 0 aromatic carbocycles. The third kappa shape index (κ3) is 1.63. The third-order valence-corrected chi connectivity index (χ3v) is 1.53. The van der Waals surface area contributed by atoms with Gasteiger partial charge in [-0.15, -0.1) is 0 Å². The summed E-state index contributed by atoms with van der Waals surface area (Å²) in [6.07, 6.45) is 1.65. The van der Waals surface area contributed by atoms with Gasteiger partial charge in [0.15, 0.2) is 0 Å². The Labute approximate surface area is 68.4 Å². The van der Waals surface area contributed by atoms with Gasteiger partial charge < -0.3 is 4.98 Å². The molecule has 4 N–H and O–H groups in total. The van der Waals surface area contributed by atoms with Gasteiger partial charge in [-0.1, -0.05) is 12.2 Å². The van der Waals surface area contributed by atoms with Crippen LogP contribution < -0.4 is 11.3 Å². The molecule has 0 spiro atoms. The molecule has 5 heteroatoms. The maximum Gasteiger partial charge on any atom is 0.268 e. The average Bonchev–Trinajstić information content (AvgIpc) is 2.04. The van der Waals surface area contributed by atoms with Crippen molar-refractivity contribution in [3.8, 4) is 0 Å². The lowest BCUT2D eigenvalue weighted by Crippen LogP contribution is -2.30. The lowest BCUT2D eigenvalue weighted by Gasteiger charge is -1.97. The monoisotopic (exact) mass is 169 g/mol. The van der Waals surface area contributed by atoms with E-state index in [4.69, 9.17) is 18.1 Å². The van der Waals surface area contributed by atoms with Gasteiger partial charge in [-0.05, 0) is 12.1 Å². The standard InChI is InChI=1S/C6H7N3OS/c7-9-5(10)4-2-1-3-8-6(4)11/h1-3H,7H2,(H,8,11)(H,9,10). The van der Waals surface area contributed by atoms with Crippen molar-refractivity contribution in [3.05, 3.63) is 28.5 Å². The Kier molecular flexibility index (Phi) is 2.35. The number of aromatic nitrogens is 1. The molecule has 0 saturated carbocycles. The van der Waals surface area contributed by atoms with Crippen LogP contribution in [0.25, 0.3) is 0 Å². The largest absolute Gasteiger partial charge is 0.352 e. The smallest absolute Gasteiger partial charge is 0.268 e. The van der Waals surface area contributed by atoms with Crippen molar-refractivity contribution in [2.45, 2.75) is 0 Å². The van der Waals surface area contributed by atoms with Crippen LogP contribution in [-0.4, -0.2) is 10.9 Å². The molecule has 0 unspecified atom stereocenters. The van der Waals surface area contributed by atoms with E-state index in [9.17, 15) is 4.79 Å². The molecule has 0 aliphatic carbocycles. The first-order valence-electron chi connectivity index (χ1n) is 2.94. The summed E-state index contributed by atoms with van der Waals surface area (Å²) >= 11 is 4.82. The fraction of sp³-hybridized carbons (Fsp3) is 0. The predicted octanol–water partition coefficient (Wildman–Crippen LogP) is 0.348. The summed E-state index contributed by atoms with van der Waals surface area (Å²) in [7, 11) is 0. The number of rotatable bonds is 1. The van der Waals surface area contributed by atoms with Gasteiger partial charge in [0.1, 0.15) is 4.64 Å². The second kappa shape index (κ2) is 3.27. The van der Waals surface area contributed by atoms with Gasteiger partial charge >= 0.3 is 0 Å². The number of carbonyl (C=O) groups is 1. The molecule has 1 rings (SSSR count). The lowest BCUT2D eigenvalue weighted by atomic mass is 10.3. The Hall–Kier alpha value is -1.20. The Morgan fingerprint density at radius 2 is 2.45 bits per heavy atom. The number of H-pyrrole nitrogens is 1. The fourth-order valence-electron chi connectivity index (χ4n) is 0.678. The van der Waals surface area contributed by atoms with Crippen molar-refractivity contribution in [1.29, 1.82) is 0 Å². The number of nitrogens with two attached hydrogens (primary N) is 1. The molecule has 11 heavy (non-hydrogen) atoms. The van der Waals surface area contributed by atoms with E-state index in [2.05, 4.69) is 4.98 Å². The van der Waals surface area contributed by atoms with Crippen LogP contribution in [0.1, 0.15) is 10.4 Å². The highest BCUT2D eigenvalue weighted by Crippen LogP contribution is 1.97. The number of aromatic amines is 1. The van der Waals surface area contributed by atoms with E-state index < -0.39 is 0 Å². The minimum absolute atomic E-state index is 0.380. The van der Waals surface area contributed by atoms with Crippen molar-refractivity contribution < 1.29 is 4.79 Å². The van der Waals surface area contributed by atoms with Crippen LogP contribution in [-0.2, 0) is 0 Å². The van der Waals surface area contributed by atoms with E-state index in [0.717, 1.165) is 0 Å². The molecule has 0 aliphatic rings. The first-order valence-corrected chi connectivity index (χ1v) is 3.35. The van der Waals surface area contributed by atoms with Gasteiger partial charge in [-0.2, -0.15) is 0 Å². The normalized spacial score (nSPS) is 9.18. The molecule has 0 aliphatic heterocycles. The number of nitrogens with one attached hydrogen (secondary N) is 2. The van der Waals surface area contributed by atoms with E-state index in [0.29, 0.717) is 10.2 Å². The van der Waals surface area contributed by atoms with Gasteiger partial charge in [0.2, 0.25) is 0 Å². The highest BCUT2D eigenvalue weighted by atomic mass is 32.1. The van der Waals surface area contributed by atoms with E-state index >= 15 is 0 Å². The molecule has 1 heterocycles. The zero-order chi connectivity index (χ0) is 8.27. The molecule has 0 radical (unpaired) electrons. The number of nitrogen functional groups attached to an aromatic ring is 1. The number of amides is 1. The summed E-state index contributed by atoms with van der Waals surface area (Å²) in [6.45, 7) is 0. The summed E-state index contributed by atoms with van der Waals surface area (Å²) in [4.78, 5) is 13.6. The maximum absolute atomic E-state index is 10.9. The SMILES string of the molecule is NNC(=O)c1ccc[nH]c1=S. The summed E-state index contributed by atoms with van der Waals surface area (Å²) in [5.41, 5.74) is 2.38. The summed E-state index contributed by atoms with van der Waals surface area (Å²) in [5, 5.41) is 0. The topological polar surface area (TPSA) is 70.9 Å². The number of pyridine rings is 1. The Morgan fingerprint density at radius 3 is 3.00 bits per heavy atom. The second-order valence-electron chi connectivity index (χ2n) is 1.89. The van der Waals surface area contributed by atoms with Crippen LogP contribution in [0.3, 0.4) is 0 Å². The minimum atomic E-state index is -0.383. The maximum atomic E-state index is 10.9. The van der Waals surface area contributed by atoms with Gasteiger partial charge in [-0.25, -0.2) is 5.84 Å². The zero-order valence-electron chi connectivity index (χ0n) is 5.63. The lowest BCUT2D eigenvalue weighted by molar-refractivity contribution is 0.0953. The Morgan fingerprint density at radius 1 is 1.73 bits per heavy atom. The first-order chi connectivity index (χ1) is 5.25. The number of hydrogen-bond donors (Lipinski definition) is 3. The number of carbonyl (C=O) groups excluding carboxylic acids is 1. The number of hydrazine groups is 1. The van der Waals surface area contributed by atoms with Crippen LogP contribution in [0.5, 0.6) is 0 Å². The van der Waals surface area contributed by atoms with Crippen molar-refractivity contribution in [2.75, 3.05) is 0 Å². The summed E-state index contributed by atoms with van der Waals surface area (Å²) < 4.78 is 0.385. The molecule has 1 aromatic rings. The molecule has 1 aromatic heterocycles. The molecule has 58 valence electrons. The van der Waals surface area contributed by atoms with Crippen molar-refractivity contribution >= 4 is 18.1 Å². The van der Waals surface area contributed by atoms with Crippen molar-refractivity contribution in [1.82, 2.24) is 10.4 Å². The molecule has 4 nitrogen and oxygen atoms in total. The molecule has 0 atom stereocenters. The molecule has 0 bridgehead atoms. The number of hydrogen-bond acceptors (Lipinski definition) is 3. The van der Waals surface area contributed by atoms with Crippen LogP contribution in [0, 0.1) is 4.64 Å². The zero-order valence-corrected chi connectivity index (χ0v) is 6.44. The third-order valence-electron chi connectivity index (χ3n) is 1.19. The van der Waals surface area contributed by atoms with E-state index in [1.165, 1.54) is 0 Å². The highest BCUT2D eigenvalue weighted by Gasteiger charge is 2.02. The van der Waals surface area contributed by atoms with Gasteiger partial charge in [0.25, 0.3) is 5.91 Å². The highest BCUT2D eigenvalue weighted by molar-refractivity contribution is 7.71. The van der Waals surface area contributed by atoms with E-state index in [1.807, 2.05) is 5.43 Å². The summed E-state index contributed by atoms with van der Waals surface area (Å²) in [5.74, 6) is 4.53. The van der Waals surface area contributed by atoms with Gasteiger partial charge in [0.05, 0.1) is 5.56 Å². The molecular weight excluding hydrogens is 162 g/mol. The van der Waals surface area contributed by atoms with Crippen LogP contribution in [0.2, 0.25) is 0 Å². The van der Waals surface area contributed by atoms with Crippen LogP contribution in [0.15, 0.2) is 18.3 Å². The average molecular weight is 169 g/mol. The van der Waals surface area contributed by atoms with Gasteiger partial charge in [-0.3, -0.25) is 10.2 Å². The van der Waals surface area contributed by atoms with Crippen LogP contribution >= 0.6 is 12.2 Å². The molecule has 0 fully saturated rings. The molecule has 0 saturated heterocycles. The molecule has 1 amide bonds. The van der Waals surface area contributed by atoms with Crippen molar-refractivity contribution in [3.63, 3.8) is 0 Å². The quantitative estimate of drug-likeness (QED) is 0.246. The summed E-state index contributed by atoms with van der Waals surface area (Å²) in [6, 6.07) is 3.28. The second-order valence-corrected chi connectivity index (χ2v) is 2.29. The fourth-order valence-corrected chi connectivity index (χ4v) is 0.907. The van der Waals surface area contributed by atoms with Gasteiger partial charge in [0, 0.05) is 6.20 Å². The predicted molar refractivity (Wildman–Crippen MR) is 43.3 cm³/mol. The van der Waals surface area contributed by atoms with E-state index in [1.54, 1.807) is 18.3 Å². The minimum Gasteiger partial charge on any atom is -0.352 e. The van der Waals surface area contributed by atoms with Crippen LogP contribution in [0.4, 0.5) is 0 Å². The van der Waals surface area contributed by atoms with E-state index in [-0.39, 0.29) is 5.91 Å². The van der Waals surface area contributed by atoms with Crippen molar-refractivity contribution in [2.24, 2.45) is 5.84 Å². The Balaban J connectivity index is 3.14.